The average molecular weight is 511 g/mol. The second-order valence-corrected chi connectivity index (χ2v) is 10.4. The number of likely N-dealkylation sites (tertiary alicyclic amines) is 2. The summed E-state index contributed by atoms with van der Waals surface area (Å²) in [6.07, 6.45) is 3.99. The van der Waals surface area contributed by atoms with E-state index in [0.29, 0.717) is 55.8 Å². The fraction of sp³-hybridized carbons (Fsp3) is 0.571. The molecule has 4 amide bonds. The summed E-state index contributed by atoms with van der Waals surface area (Å²) in [4.78, 5) is 56.6. The van der Waals surface area contributed by atoms with Crippen LogP contribution in [0, 0.1) is 29.6 Å². The van der Waals surface area contributed by atoms with Crippen molar-refractivity contribution in [2.45, 2.75) is 45.4 Å². The van der Waals surface area contributed by atoms with Gasteiger partial charge in [-0.15, -0.1) is 0 Å². The number of carbonyl (C=O) groups excluding carboxylic acids is 4. The molecule has 1 N–H and O–H groups in total. The molecule has 6 unspecified atom stereocenters. The Morgan fingerprint density at radius 2 is 1.46 bits per heavy atom. The summed E-state index contributed by atoms with van der Waals surface area (Å²) < 4.78 is 11.0. The largest absolute Gasteiger partial charge is 0.507 e. The minimum atomic E-state index is -0.717. The van der Waals surface area contributed by atoms with Crippen LogP contribution < -0.4 is 9.47 Å². The van der Waals surface area contributed by atoms with Crippen LogP contribution in [0.1, 0.15) is 51.0 Å². The number of aromatic hydroxyl groups is 1. The molecule has 4 aliphatic rings. The first-order valence-electron chi connectivity index (χ1n) is 13.1. The molecule has 5 rings (SSSR count). The molecular weight excluding hydrogens is 476 g/mol. The Balaban J connectivity index is 1.68. The quantitative estimate of drug-likeness (QED) is 0.443. The molecule has 37 heavy (non-hydrogen) atoms. The molecule has 198 valence electrons. The maximum Gasteiger partial charge on any atom is 0.234 e. The van der Waals surface area contributed by atoms with Gasteiger partial charge in [-0.3, -0.25) is 29.0 Å². The number of nitrogens with zero attached hydrogens (tertiary/aromatic N) is 2. The molecule has 3 fully saturated rings. The Kier molecular flexibility index (Phi) is 6.50. The van der Waals surface area contributed by atoms with E-state index < -0.39 is 29.6 Å². The monoisotopic (exact) mass is 510 g/mol. The minimum absolute atomic E-state index is 0.0979. The SMILES string of the molecule is CCCN1C(=O)C2CC=C3C(CC4C(=O)N(CCC)C(=O)C4C3c3c(O)cc(OC)cc3OC)C2C1=O. The molecule has 1 aromatic carbocycles. The van der Waals surface area contributed by atoms with Crippen molar-refractivity contribution in [1.82, 2.24) is 9.80 Å². The molecule has 0 radical (unpaired) electrons. The minimum Gasteiger partial charge on any atom is -0.507 e. The summed E-state index contributed by atoms with van der Waals surface area (Å²) in [5, 5.41) is 11.2. The van der Waals surface area contributed by atoms with Gasteiger partial charge in [0.15, 0.2) is 0 Å². The van der Waals surface area contributed by atoms with Crippen LogP contribution in [0.25, 0.3) is 0 Å². The van der Waals surface area contributed by atoms with E-state index in [9.17, 15) is 24.3 Å². The van der Waals surface area contributed by atoms with Crippen molar-refractivity contribution in [2.24, 2.45) is 29.6 Å². The van der Waals surface area contributed by atoms with E-state index in [-0.39, 0.29) is 35.3 Å². The van der Waals surface area contributed by atoms with Crippen LogP contribution in [0.3, 0.4) is 0 Å². The number of ether oxygens (including phenoxy) is 2. The van der Waals surface area contributed by atoms with Crippen LogP contribution in [-0.2, 0) is 19.2 Å². The van der Waals surface area contributed by atoms with Gasteiger partial charge in [0.05, 0.1) is 37.9 Å². The normalized spacial score (nSPS) is 30.8. The molecule has 0 bridgehead atoms. The lowest BCUT2D eigenvalue weighted by Gasteiger charge is -2.44. The highest BCUT2D eigenvalue weighted by Gasteiger charge is 2.62. The van der Waals surface area contributed by atoms with Gasteiger partial charge in [-0.1, -0.05) is 25.5 Å². The zero-order valence-corrected chi connectivity index (χ0v) is 21.7. The van der Waals surface area contributed by atoms with Gasteiger partial charge in [0.1, 0.15) is 17.2 Å². The van der Waals surface area contributed by atoms with Gasteiger partial charge >= 0.3 is 0 Å². The topological polar surface area (TPSA) is 113 Å². The number of allylic oxidation sites excluding steroid dienone is 2. The maximum absolute atomic E-state index is 13.7. The molecule has 2 heterocycles. The Hall–Kier alpha value is -3.36. The van der Waals surface area contributed by atoms with Gasteiger partial charge in [0.25, 0.3) is 0 Å². The lowest BCUT2D eigenvalue weighted by molar-refractivity contribution is -0.142. The van der Waals surface area contributed by atoms with Crippen molar-refractivity contribution in [3.63, 3.8) is 0 Å². The molecule has 0 aromatic heterocycles. The van der Waals surface area contributed by atoms with E-state index in [1.165, 1.54) is 30.1 Å². The van der Waals surface area contributed by atoms with Gasteiger partial charge in [0, 0.05) is 36.7 Å². The van der Waals surface area contributed by atoms with E-state index in [0.717, 1.165) is 5.57 Å². The van der Waals surface area contributed by atoms with Gasteiger partial charge in [-0.2, -0.15) is 0 Å². The van der Waals surface area contributed by atoms with Crippen molar-refractivity contribution in [2.75, 3.05) is 27.3 Å². The predicted molar refractivity (Wildman–Crippen MR) is 133 cm³/mol. The third-order valence-corrected chi connectivity index (χ3v) is 8.59. The summed E-state index contributed by atoms with van der Waals surface area (Å²) in [6, 6.07) is 3.12. The van der Waals surface area contributed by atoms with E-state index >= 15 is 0 Å². The third kappa shape index (κ3) is 3.65. The molecule has 1 saturated carbocycles. The van der Waals surface area contributed by atoms with Crippen LogP contribution in [0.4, 0.5) is 0 Å². The zero-order chi connectivity index (χ0) is 26.6. The number of imide groups is 2. The lowest BCUT2D eigenvalue weighted by atomic mass is 9.57. The van der Waals surface area contributed by atoms with E-state index in [2.05, 4.69) is 0 Å². The number of phenolic OH excluding ortho intramolecular Hbond substituents is 1. The standard InChI is InChI=1S/C28H34N2O7/c1-5-9-29-25(32)16-8-7-15-17(21(16)27(29)34)13-18-23(28(35)30(10-6-2)26(18)33)22(15)24-19(31)11-14(36-3)12-20(24)37-4/h7,11-12,16-18,21-23,31H,5-6,8-10,13H2,1-4H3. The van der Waals surface area contributed by atoms with Crippen molar-refractivity contribution >= 4 is 23.6 Å². The molecule has 9 heteroatoms. The molecule has 2 saturated heterocycles. The highest BCUT2D eigenvalue weighted by Crippen LogP contribution is 2.60. The second kappa shape index (κ2) is 9.50. The van der Waals surface area contributed by atoms with Crippen molar-refractivity contribution in [1.29, 1.82) is 0 Å². The van der Waals surface area contributed by atoms with Crippen LogP contribution in [0.15, 0.2) is 23.8 Å². The van der Waals surface area contributed by atoms with Crippen LogP contribution in [-0.4, -0.2) is 65.8 Å². The first kappa shape index (κ1) is 25.3. The van der Waals surface area contributed by atoms with Gasteiger partial charge in [-0.25, -0.2) is 0 Å². The highest BCUT2D eigenvalue weighted by atomic mass is 16.5. The summed E-state index contributed by atoms with van der Waals surface area (Å²) in [5.41, 5.74) is 1.25. The molecule has 2 aliphatic carbocycles. The first-order chi connectivity index (χ1) is 17.8. The van der Waals surface area contributed by atoms with Gasteiger partial charge < -0.3 is 14.6 Å². The number of phenols is 1. The van der Waals surface area contributed by atoms with Crippen molar-refractivity contribution < 1.29 is 33.8 Å². The molecule has 2 aliphatic heterocycles. The van der Waals surface area contributed by atoms with Crippen molar-refractivity contribution in [3.8, 4) is 17.2 Å². The Labute approximate surface area is 216 Å². The fourth-order valence-corrected chi connectivity index (χ4v) is 7.11. The molecule has 1 aromatic rings. The lowest BCUT2D eigenvalue weighted by Crippen LogP contribution is -2.43. The second-order valence-electron chi connectivity index (χ2n) is 10.4. The summed E-state index contributed by atoms with van der Waals surface area (Å²) in [7, 11) is 2.96. The smallest absolute Gasteiger partial charge is 0.234 e. The number of hydrogen-bond acceptors (Lipinski definition) is 7. The third-order valence-electron chi connectivity index (χ3n) is 8.59. The average Bonchev–Trinajstić information content (AvgIpc) is 3.28. The number of rotatable bonds is 7. The zero-order valence-electron chi connectivity index (χ0n) is 21.7. The number of amides is 4. The maximum atomic E-state index is 13.7. The van der Waals surface area contributed by atoms with Gasteiger partial charge in [-0.05, 0) is 31.6 Å². The number of fused-ring (bicyclic) bond motifs is 4. The molecule has 0 spiro atoms. The van der Waals surface area contributed by atoms with E-state index in [1.54, 1.807) is 6.07 Å². The molecular formula is C28H34N2O7. The fourth-order valence-electron chi connectivity index (χ4n) is 7.11. The van der Waals surface area contributed by atoms with Crippen LogP contribution in [0.2, 0.25) is 0 Å². The summed E-state index contributed by atoms with van der Waals surface area (Å²) >= 11 is 0. The van der Waals surface area contributed by atoms with Crippen LogP contribution >= 0.6 is 0 Å². The van der Waals surface area contributed by atoms with Gasteiger partial charge in [0.2, 0.25) is 23.6 Å². The molecule has 9 nitrogen and oxygen atoms in total. The summed E-state index contributed by atoms with van der Waals surface area (Å²) in [5.74, 6) is -3.64. The van der Waals surface area contributed by atoms with E-state index in [4.69, 9.17) is 9.47 Å². The highest BCUT2D eigenvalue weighted by molar-refractivity contribution is 6.08. The number of methoxy groups -OCH3 is 2. The summed E-state index contributed by atoms with van der Waals surface area (Å²) in [6.45, 7) is 4.53. The number of hydrogen-bond donors (Lipinski definition) is 1. The van der Waals surface area contributed by atoms with Crippen LogP contribution in [0.5, 0.6) is 17.2 Å². The predicted octanol–water partition coefficient (Wildman–Crippen LogP) is 2.87. The Morgan fingerprint density at radius 1 is 0.838 bits per heavy atom. The number of carbonyl (C=O) groups is 4. The Morgan fingerprint density at radius 3 is 2.05 bits per heavy atom. The molecule has 6 atom stereocenters. The first-order valence-corrected chi connectivity index (χ1v) is 13.1. The van der Waals surface area contributed by atoms with E-state index in [1.807, 2.05) is 19.9 Å². The van der Waals surface area contributed by atoms with Crippen molar-refractivity contribution in [3.05, 3.63) is 29.3 Å². The number of benzene rings is 1. The Bertz CT molecular complexity index is 1190.